The first-order valence-electron chi connectivity index (χ1n) is 3.16. The smallest absolute Gasteiger partial charge is 0.115 e. The van der Waals surface area contributed by atoms with Crippen LogP contribution in [0.3, 0.4) is 0 Å². The van der Waals surface area contributed by atoms with Crippen molar-refractivity contribution in [3.8, 4) is 0 Å². The third-order valence-electron chi connectivity index (χ3n) is 1.61. The van der Waals surface area contributed by atoms with E-state index in [2.05, 4.69) is 0 Å². The van der Waals surface area contributed by atoms with Crippen molar-refractivity contribution in [2.75, 3.05) is 0 Å². The van der Waals surface area contributed by atoms with Gasteiger partial charge in [0, 0.05) is 0 Å². The molecule has 0 aliphatic carbocycles. The van der Waals surface area contributed by atoms with Crippen molar-refractivity contribution >= 4 is 0 Å². The molecule has 4 atom stereocenters. The van der Waals surface area contributed by atoms with Crippen LogP contribution in [0.5, 0.6) is 0 Å². The zero-order valence-electron chi connectivity index (χ0n) is 5.64. The normalized spacial score (nSPS) is 49.2. The highest BCUT2D eigenvalue weighted by molar-refractivity contribution is 4.89. The molecule has 0 aromatic carbocycles. The van der Waals surface area contributed by atoms with Crippen LogP contribution in [-0.4, -0.2) is 39.7 Å². The average Bonchev–Trinajstić information content (AvgIpc) is 1.93. The van der Waals surface area contributed by atoms with Crippen molar-refractivity contribution in [3.63, 3.8) is 0 Å². The Bertz CT molecular complexity index is 102. The van der Waals surface area contributed by atoms with Crippen LogP contribution in [0.4, 0.5) is 0 Å². The van der Waals surface area contributed by atoms with E-state index in [4.69, 9.17) is 20.1 Å². The topological polar surface area (TPSA) is 69.9 Å². The van der Waals surface area contributed by atoms with Gasteiger partial charge in [-0.05, 0) is 6.92 Å². The standard InChI is InChI=1S/C6H11O4/c1-3-5(8)6(9)4(7)2-10-3/h2-9H,1H3/t3-,4-,5-,6-/m0/s1. The maximum absolute atomic E-state index is 9.06. The van der Waals surface area contributed by atoms with E-state index in [-0.39, 0.29) is 0 Å². The highest BCUT2D eigenvalue weighted by Crippen LogP contribution is 2.17. The zero-order valence-corrected chi connectivity index (χ0v) is 5.64. The SMILES string of the molecule is C[C@@H]1O[CH][C@H](O)[C@H](O)[C@H]1O. The fourth-order valence-corrected chi connectivity index (χ4v) is 0.845. The Morgan fingerprint density at radius 3 is 2.30 bits per heavy atom. The molecule has 3 N–H and O–H groups in total. The fraction of sp³-hybridized carbons (Fsp3) is 0.833. The average molecular weight is 147 g/mol. The number of hydrogen-bond acceptors (Lipinski definition) is 4. The Labute approximate surface area is 59.1 Å². The van der Waals surface area contributed by atoms with Gasteiger partial charge in [0.25, 0.3) is 0 Å². The van der Waals surface area contributed by atoms with E-state index in [0.29, 0.717) is 0 Å². The predicted molar refractivity (Wildman–Crippen MR) is 32.9 cm³/mol. The van der Waals surface area contributed by atoms with Gasteiger partial charge in [-0.2, -0.15) is 0 Å². The first-order valence-corrected chi connectivity index (χ1v) is 3.16. The van der Waals surface area contributed by atoms with E-state index in [1.165, 1.54) is 0 Å². The summed E-state index contributed by atoms with van der Waals surface area (Å²) in [7, 11) is 0. The first kappa shape index (κ1) is 7.94. The molecule has 1 aliphatic rings. The third-order valence-corrected chi connectivity index (χ3v) is 1.61. The van der Waals surface area contributed by atoms with E-state index in [0.717, 1.165) is 6.61 Å². The summed E-state index contributed by atoms with van der Waals surface area (Å²) < 4.78 is 4.79. The van der Waals surface area contributed by atoms with Gasteiger partial charge in [0.15, 0.2) is 0 Å². The molecule has 0 saturated carbocycles. The van der Waals surface area contributed by atoms with Gasteiger partial charge in [0.1, 0.15) is 24.9 Å². The lowest BCUT2D eigenvalue weighted by molar-refractivity contribution is -0.155. The van der Waals surface area contributed by atoms with Crippen LogP contribution in [-0.2, 0) is 4.74 Å². The summed E-state index contributed by atoms with van der Waals surface area (Å²) in [5.74, 6) is 0. The summed E-state index contributed by atoms with van der Waals surface area (Å²) in [6.07, 6.45) is -3.65. The second-order valence-corrected chi connectivity index (χ2v) is 2.45. The summed E-state index contributed by atoms with van der Waals surface area (Å²) in [6.45, 7) is 2.75. The summed E-state index contributed by atoms with van der Waals surface area (Å²) in [5, 5.41) is 26.9. The lowest BCUT2D eigenvalue weighted by Crippen LogP contribution is -2.49. The number of aliphatic hydroxyl groups is 3. The molecular weight excluding hydrogens is 136 g/mol. The monoisotopic (exact) mass is 147 g/mol. The number of ether oxygens (including phenoxy) is 1. The summed E-state index contributed by atoms with van der Waals surface area (Å²) in [4.78, 5) is 0. The van der Waals surface area contributed by atoms with Gasteiger partial charge in [-0.3, -0.25) is 0 Å². The quantitative estimate of drug-likeness (QED) is 0.396. The molecule has 1 rings (SSSR count). The van der Waals surface area contributed by atoms with Gasteiger partial charge < -0.3 is 20.1 Å². The third kappa shape index (κ3) is 1.29. The minimum absolute atomic E-state index is 0.446. The molecule has 0 bridgehead atoms. The van der Waals surface area contributed by atoms with E-state index in [9.17, 15) is 0 Å². The Morgan fingerprint density at radius 1 is 1.20 bits per heavy atom. The molecule has 10 heavy (non-hydrogen) atoms. The molecule has 1 aliphatic heterocycles. The van der Waals surface area contributed by atoms with Crippen LogP contribution in [0.1, 0.15) is 6.92 Å². The largest absolute Gasteiger partial charge is 0.388 e. The molecule has 0 spiro atoms. The minimum atomic E-state index is -1.12. The summed E-state index contributed by atoms with van der Waals surface area (Å²) >= 11 is 0. The van der Waals surface area contributed by atoms with E-state index >= 15 is 0 Å². The molecule has 59 valence electrons. The number of aliphatic hydroxyl groups excluding tert-OH is 3. The van der Waals surface area contributed by atoms with Crippen LogP contribution >= 0.6 is 0 Å². The second-order valence-electron chi connectivity index (χ2n) is 2.45. The molecule has 0 amide bonds. The van der Waals surface area contributed by atoms with Gasteiger partial charge in [0.2, 0.25) is 0 Å². The highest BCUT2D eigenvalue weighted by Gasteiger charge is 2.35. The summed E-state index contributed by atoms with van der Waals surface area (Å²) in [5.41, 5.74) is 0. The zero-order chi connectivity index (χ0) is 7.72. The second kappa shape index (κ2) is 2.84. The van der Waals surface area contributed by atoms with Crippen molar-refractivity contribution in [1.29, 1.82) is 0 Å². The number of hydrogen-bond donors (Lipinski definition) is 3. The van der Waals surface area contributed by atoms with Gasteiger partial charge in [-0.1, -0.05) is 0 Å². The molecule has 1 heterocycles. The van der Waals surface area contributed by atoms with Crippen molar-refractivity contribution in [3.05, 3.63) is 6.61 Å². The Hall–Kier alpha value is -0.160. The molecule has 4 nitrogen and oxygen atoms in total. The number of rotatable bonds is 0. The van der Waals surface area contributed by atoms with Crippen molar-refractivity contribution in [2.24, 2.45) is 0 Å². The molecule has 0 aromatic rings. The van der Waals surface area contributed by atoms with E-state index in [1.807, 2.05) is 0 Å². The Morgan fingerprint density at radius 2 is 1.80 bits per heavy atom. The van der Waals surface area contributed by atoms with Crippen LogP contribution in [0.15, 0.2) is 0 Å². The van der Waals surface area contributed by atoms with E-state index in [1.54, 1.807) is 6.92 Å². The Balaban J connectivity index is 2.52. The molecule has 1 fully saturated rings. The molecule has 1 radical (unpaired) electrons. The van der Waals surface area contributed by atoms with Crippen molar-refractivity contribution in [2.45, 2.75) is 31.3 Å². The maximum Gasteiger partial charge on any atom is 0.115 e. The lowest BCUT2D eigenvalue weighted by atomic mass is 10.0. The van der Waals surface area contributed by atoms with Gasteiger partial charge in [-0.15, -0.1) is 0 Å². The first-order chi connectivity index (χ1) is 4.63. The van der Waals surface area contributed by atoms with Crippen molar-refractivity contribution < 1.29 is 20.1 Å². The maximum atomic E-state index is 9.06. The van der Waals surface area contributed by atoms with Crippen molar-refractivity contribution in [1.82, 2.24) is 0 Å². The minimum Gasteiger partial charge on any atom is -0.388 e. The fourth-order valence-electron chi connectivity index (χ4n) is 0.845. The van der Waals surface area contributed by atoms with Crippen LogP contribution in [0.2, 0.25) is 0 Å². The molecule has 1 saturated heterocycles. The predicted octanol–water partition coefficient (Wildman–Crippen LogP) is -1.35. The van der Waals surface area contributed by atoms with Crippen LogP contribution in [0.25, 0.3) is 0 Å². The molecular formula is C6H11O4. The van der Waals surface area contributed by atoms with Crippen LogP contribution in [0, 0.1) is 6.61 Å². The molecule has 0 unspecified atom stereocenters. The Kier molecular flexibility index (Phi) is 2.25. The van der Waals surface area contributed by atoms with Gasteiger partial charge >= 0.3 is 0 Å². The molecule has 4 heteroatoms. The van der Waals surface area contributed by atoms with Crippen LogP contribution < -0.4 is 0 Å². The van der Waals surface area contributed by atoms with Gasteiger partial charge in [0.05, 0.1) is 6.10 Å². The van der Waals surface area contributed by atoms with Gasteiger partial charge in [-0.25, -0.2) is 0 Å². The lowest BCUT2D eigenvalue weighted by Gasteiger charge is -2.32. The van der Waals surface area contributed by atoms with E-state index < -0.39 is 24.4 Å². The molecule has 0 aromatic heterocycles. The highest BCUT2D eigenvalue weighted by atomic mass is 16.5. The summed E-state index contributed by atoms with van der Waals surface area (Å²) in [6, 6.07) is 0.